The van der Waals surface area contributed by atoms with Gasteiger partial charge in [-0.2, -0.15) is 0 Å². The van der Waals surface area contributed by atoms with Crippen LogP contribution in [0.5, 0.6) is 5.75 Å². The molecular formula is C21H36OSi. The Balaban J connectivity index is 3.22. The first-order chi connectivity index (χ1) is 10.3. The van der Waals surface area contributed by atoms with E-state index in [1.54, 1.807) is 0 Å². The third kappa shape index (κ3) is 3.91. The van der Waals surface area contributed by atoms with Gasteiger partial charge < -0.3 is 4.74 Å². The highest BCUT2D eigenvalue weighted by molar-refractivity contribution is 6.87. The van der Waals surface area contributed by atoms with Gasteiger partial charge in [-0.3, -0.25) is 0 Å². The molecule has 0 heterocycles. The minimum atomic E-state index is -1.85. The minimum Gasteiger partial charge on any atom is -0.497 e. The maximum Gasteiger partial charge on any atom is 0.118 e. The predicted molar refractivity (Wildman–Crippen MR) is 107 cm³/mol. The molecule has 0 bridgehead atoms. The van der Waals surface area contributed by atoms with Gasteiger partial charge in [-0.05, 0) is 32.8 Å². The quantitative estimate of drug-likeness (QED) is 0.534. The SMILES string of the molecule is C=Cc1ccc(OC[Si](C(C)(C)C)(C(C)(C)C)C(C)(C)C)cc1. The van der Waals surface area contributed by atoms with Crippen molar-refractivity contribution in [2.75, 3.05) is 6.23 Å². The van der Waals surface area contributed by atoms with Crippen molar-refractivity contribution in [3.8, 4) is 5.75 Å². The molecule has 0 fully saturated rings. The molecule has 0 atom stereocenters. The van der Waals surface area contributed by atoms with Gasteiger partial charge in [0.15, 0.2) is 0 Å². The highest BCUT2D eigenvalue weighted by Gasteiger charge is 2.60. The largest absolute Gasteiger partial charge is 0.497 e. The van der Waals surface area contributed by atoms with Crippen LogP contribution in [0.3, 0.4) is 0 Å². The van der Waals surface area contributed by atoms with Gasteiger partial charge in [-0.1, -0.05) is 87.1 Å². The number of hydrogen-bond donors (Lipinski definition) is 0. The molecule has 0 N–H and O–H groups in total. The van der Waals surface area contributed by atoms with Gasteiger partial charge in [0.05, 0.1) is 6.23 Å². The van der Waals surface area contributed by atoms with Crippen LogP contribution in [-0.4, -0.2) is 14.3 Å². The molecule has 0 aliphatic carbocycles. The van der Waals surface area contributed by atoms with Crippen LogP contribution in [0, 0.1) is 0 Å². The standard InChI is InChI=1S/C21H36OSi/c1-11-17-12-14-18(15-13-17)22-16-23(19(2,3)4,20(5,6)7)21(8,9)10/h11-15H,1,16H2,2-10H3. The van der Waals surface area contributed by atoms with Gasteiger partial charge in [0.25, 0.3) is 0 Å². The summed E-state index contributed by atoms with van der Waals surface area (Å²) in [7, 11) is -1.85. The van der Waals surface area contributed by atoms with Gasteiger partial charge in [-0.15, -0.1) is 0 Å². The van der Waals surface area contributed by atoms with E-state index >= 15 is 0 Å². The zero-order valence-corrected chi connectivity index (χ0v) is 17.7. The molecule has 1 nitrogen and oxygen atoms in total. The lowest BCUT2D eigenvalue weighted by atomic mass is 10.2. The van der Waals surface area contributed by atoms with Crippen molar-refractivity contribution < 1.29 is 4.74 Å². The Labute approximate surface area is 145 Å². The summed E-state index contributed by atoms with van der Waals surface area (Å²) >= 11 is 0. The smallest absolute Gasteiger partial charge is 0.118 e. The summed E-state index contributed by atoms with van der Waals surface area (Å²) < 4.78 is 6.38. The first-order valence-electron chi connectivity index (χ1n) is 8.61. The van der Waals surface area contributed by atoms with Crippen molar-refractivity contribution in [3.05, 3.63) is 36.4 Å². The lowest BCUT2D eigenvalue weighted by Crippen LogP contribution is -2.62. The second kappa shape index (κ2) is 6.47. The fourth-order valence-electron chi connectivity index (χ4n) is 4.92. The topological polar surface area (TPSA) is 9.23 Å². The Bertz CT molecular complexity index is 485. The average molecular weight is 333 g/mol. The van der Waals surface area contributed by atoms with Crippen LogP contribution in [0.15, 0.2) is 30.8 Å². The van der Waals surface area contributed by atoms with Crippen LogP contribution in [0.25, 0.3) is 6.08 Å². The number of hydrogen-bond acceptors (Lipinski definition) is 1. The first-order valence-corrected chi connectivity index (χ1v) is 10.8. The number of rotatable bonds is 4. The Morgan fingerprint density at radius 1 is 0.826 bits per heavy atom. The van der Waals surface area contributed by atoms with Gasteiger partial charge >= 0.3 is 0 Å². The van der Waals surface area contributed by atoms with E-state index in [9.17, 15) is 0 Å². The third-order valence-corrected chi connectivity index (χ3v) is 13.7. The molecule has 0 radical (unpaired) electrons. The van der Waals surface area contributed by atoms with E-state index in [0.29, 0.717) is 0 Å². The predicted octanol–water partition coefficient (Wildman–Crippen LogP) is 7.10. The average Bonchev–Trinajstić information content (AvgIpc) is 2.35. The van der Waals surface area contributed by atoms with Crippen LogP contribution < -0.4 is 4.74 Å². The van der Waals surface area contributed by atoms with Crippen molar-refractivity contribution in [1.82, 2.24) is 0 Å². The van der Waals surface area contributed by atoms with E-state index in [1.807, 2.05) is 6.08 Å². The summed E-state index contributed by atoms with van der Waals surface area (Å²) in [4.78, 5) is 0. The Morgan fingerprint density at radius 3 is 1.52 bits per heavy atom. The van der Waals surface area contributed by atoms with Crippen LogP contribution in [0.4, 0.5) is 0 Å². The Kier molecular flexibility index (Phi) is 5.63. The van der Waals surface area contributed by atoms with Gasteiger partial charge in [0.1, 0.15) is 13.8 Å². The summed E-state index contributed by atoms with van der Waals surface area (Å²) in [5.74, 6) is 0.963. The summed E-state index contributed by atoms with van der Waals surface area (Å²) in [6.07, 6.45) is 2.71. The zero-order chi connectivity index (χ0) is 18.1. The van der Waals surface area contributed by atoms with Crippen molar-refractivity contribution >= 4 is 14.1 Å². The fraction of sp³-hybridized carbons (Fsp3) is 0.619. The maximum atomic E-state index is 6.38. The zero-order valence-electron chi connectivity index (χ0n) is 16.7. The molecule has 0 unspecified atom stereocenters. The molecule has 2 heteroatoms. The van der Waals surface area contributed by atoms with Crippen molar-refractivity contribution in [1.29, 1.82) is 0 Å². The molecule has 0 saturated carbocycles. The van der Waals surface area contributed by atoms with Gasteiger partial charge in [0, 0.05) is 0 Å². The lowest BCUT2D eigenvalue weighted by molar-refractivity contribution is 0.345. The van der Waals surface area contributed by atoms with E-state index < -0.39 is 8.07 Å². The van der Waals surface area contributed by atoms with Crippen LogP contribution in [0.2, 0.25) is 15.1 Å². The summed E-state index contributed by atoms with van der Waals surface area (Å²) in [6, 6.07) is 8.25. The maximum absolute atomic E-state index is 6.38. The lowest BCUT2D eigenvalue weighted by Gasteiger charge is -2.58. The van der Waals surface area contributed by atoms with E-state index in [4.69, 9.17) is 4.74 Å². The van der Waals surface area contributed by atoms with Gasteiger partial charge in [0.2, 0.25) is 0 Å². The summed E-state index contributed by atoms with van der Waals surface area (Å²) in [5.41, 5.74) is 1.13. The highest BCUT2D eigenvalue weighted by atomic mass is 28.3. The molecule has 0 aliphatic rings. The third-order valence-electron chi connectivity index (χ3n) is 5.41. The Hall–Kier alpha value is -1.02. The normalized spacial score (nSPS) is 13.8. The molecule has 0 saturated heterocycles. The van der Waals surface area contributed by atoms with E-state index in [2.05, 4.69) is 93.2 Å². The Morgan fingerprint density at radius 2 is 1.22 bits per heavy atom. The van der Waals surface area contributed by atoms with E-state index in [0.717, 1.165) is 17.5 Å². The van der Waals surface area contributed by atoms with Gasteiger partial charge in [-0.25, -0.2) is 0 Å². The van der Waals surface area contributed by atoms with Crippen LogP contribution in [-0.2, 0) is 0 Å². The highest BCUT2D eigenvalue weighted by Crippen LogP contribution is 2.61. The monoisotopic (exact) mass is 332 g/mol. The minimum absolute atomic E-state index is 0.255. The van der Waals surface area contributed by atoms with Crippen molar-refractivity contribution in [3.63, 3.8) is 0 Å². The molecule has 0 aliphatic heterocycles. The molecule has 0 spiro atoms. The second-order valence-corrected chi connectivity index (χ2v) is 16.3. The van der Waals surface area contributed by atoms with Crippen LogP contribution in [0.1, 0.15) is 67.9 Å². The molecule has 1 aromatic rings. The number of benzene rings is 1. The molecule has 0 aromatic heterocycles. The molecule has 23 heavy (non-hydrogen) atoms. The van der Waals surface area contributed by atoms with Crippen molar-refractivity contribution in [2.24, 2.45) is 0 Å². The first kappa shape index (κ1) is 20.0. The molecule has 1 rings (SSSR count). The number of ether oxygens (including phenoxy) is 1. The van der Waals surface area contributed by atoms with Crippen LogP contribution >= 0.6 is 0 Å². The second-order valence-electron chi connectivity index (χ2n) is 9.72. The molecular weight excluding hydrogens is 296 g/mol. The van der Waals surface area contributed by atoms with E-state index in [-0.39, 0.29) is 15.1 Å². The van der Waals surface area contributed by atoms with E-state index in [1.165, 1.54) is 0 Å². The fourth-order valence-corrected chi connectivity index (χ4v) is 13.3. The summed E-state index contributed by atoms with van der Waals surface area (Å²) in [5, 5.41) is 0.764. The molecule has 130 valence electrons. The molecule has 0 amide bonds. The molecule has 1 aromatic carbocycles. The summed E-state index contributed by atoms with van der Waals surface area (Å²) in [6.45, 7) is 25.4. The van der Waals surface area contributed by atoms with Crippen molar-refractivity contribution in [2.45, 2.75) is 77.4 Å².